The molecule has 1 heterocycles. The van der Waals surface area contributed by atoms with Crippen LogP contribution in [0.2, 0.25) is 0 Å². The zero-order valence-electron chi connectivity index (χ0n) is 19.3. The Kier molecular flexibility index (Phi) is 6.95. The number of nitrogens with zero attached hydrogens (tertiary/aromatic N) is 2. The van der Waals surface area contributed by atoms with Gasteiger partial charge in [0, 0.05) is 29.0 Å². The highest BCUT2D eigenvalue weighted by molar-refractivity contribution is 6.07. The molecule has 1 aromatic carbocycles. The Labute approximate surface area is 191 Å². The van der Waals surface area contributed by atoms with E-state index in [0.29, 0.717) is 11.7 Å². The molecule has 2 aliphatic carbocycles. The smallest absolute Gasteiger partial charge is 0.255 e. The van der Waals surface area contributed by atoms with Crippen LogP contribution in [0.25, 0.3) is 0 Å². The molecular weight excluding hydrogens is 398 g/mol. The molecule has 1 aromatic rings. The molecule has 3 aliphatic rings. The third kappa shape index (κ3) is 4.73. The van der Waals surface area contributed by atoms with Crippen LogP contribution in [0.3, 0.4) is 0 Å². The number of carbonyl (C=O) groups is 2. The fourth-order valence-electron chi connectivity index (χ4n) is 4.95. The standard InChI is InChI=1S/C27H35N3O2/c1-4-10-22(17-19(2)3)30(25(31)18-28-20-15-16-20)26-23-13-8-9-14-24(23)29(27(26)32)21-11-6-5-7-12-21/h4,8-10,13-14,17,20-21,26,28H,2,5-7,11-12,15-16,18H2,1,3H3/b10-4-,22-17+. The summed E-state index contributed by atoms with van der Waals surface area (Å²) in [5, 5.41) is 3.33. The van der Waals surface area contributed by atoms with Crippen molar-refractivity contribution in [2.75, 3.05) is 11.4 Å². The van der Waals surface area contributed by atoms with Gasteiger partial charge in [0.05, 0.1) is 6.54 Å². The van der Waals surface area contributed by atoms with E-state index in [9.17, 15) is 9.59 Å². The molecule has 4 rings (SSSR count). The summed E-state index contributed by atoms with van der Waals surface area (Å²) >= 11 is 0. The molecule has 1 aliphatic heterocycles. The highest BCUT2D eigenvalue weighted by Gasteiger charge is 2.46. The Morgan fingerprint density at radius 1 is 1.19 bits per heavy atom. The second-order valence-corrected chi connectivity index (χ2v) is 9.30. The molecule has 0 bridgehead atoms. The Hall–Kier alpha value is -2.66. The van der Waals surface area contributed by atoms with Gasteiger partial charge in [-0.05, 0) is 57.7 Å². The Morgan fingerprint density at radius 2 is 1.91 bits per heavy atom. The monoisotopic (exact) mass is 433 g/mol. The van der Waals surface area contributed by atoms with Gasteiger partial charge in [-0.1, -0.05) is 55.7 Å². The largest absolute Gasteiger partial charge is 0.307 e. The number of benzene rings is 1. The average Bonchev–Trinajstić information content (AvgIpc) is 3.57. The van der Waals surface area contributed by atoms with E-state index in [4.69, 9.17) is 0 Å². The Morgan fingerprint density at radius 3 is 2.56 bits per heavy atom. The second kappa shape index (κ2) is 9.86. The second-order valence-electron chi connectivity index (χ2n) is 9.30. The van der Waals surface area contributed by atoms with Gasteiger partial charge < -0.3 is 10.2 Å². The van der Waals surface area contributed by atoms with E-state index in [2.05, 4.69) is 11.9 Å². The zero-order valence-corrected chi connectivity index (χ0v) is 19.3. The minimum Gasteiger partial charge on any atom is -0.307 e. The van der Waals surface area contributed by atoms with Crippen LogP contribution < -0.4 is 10.2 Å². The van der Waals surface area contributed by atoms with E-state index >= 15 is 0 Å². The fourth-order valence-corrected chi connectivity index (χ4v) is 4.95. The van der Waals surface area contributed by atoms with Gasteiger partial charge in [-0.25, -0.2) is 0 Å². The van der Waals surface area contributed by atoms with Crippen molar-refractivity contribution in [2.24, 2.45) is 0 Å². The quantitative estimate of drug-likeness (QED) is 0.586. The minimum absolute atomic E-state index is 0.00925. The van der Waals surface area contributed by atoms with Gasteiger partial charge in [-0.15, -0.1) is 0 Å². The first-order valence-corrected chi connectivity index (χ1v) is 12.0. The predicted octanol–water partition coefficient (Wildman–Crippen LogP) is 5.02. The van der Waals surface area contributed by atoms with Crippen LogP contribution in [-0.2, 0) is 9.59 Å². The Bertz CT molecular complexity index is 938. The topological polar surface area (TPSA) is 52.7 Å². The maximum atomic E-state index is 14.0. The van der Waals surface area contributed by atoms with Crippen LogP contribution in [0, 0.1) is 0 Å². The van der Waals surface area contributed by atoms with E-state index in [1.165, 1.54) is 6.42 Å². The normalized spacial score (nSPS) is 21.8. The lowest BCUT2D eigenvalue weighted by molar-refractivity contribution is -0.136. The first-order valence-electron chi connectivity index (χ1n) is 12.0. The van der Waals surface area contributed by atoms with Crippen LogP contribution in [0.15, 0.2) is 60.3 Å². The van der Waals surface area contributed by atoms with Crippen molar-refractivity contribution in [1.29, 1.82) is 0 Å². The molecule has 5 nitrogen and oxygen atoms in total. The third-order valence-corrected chi connectivity index (χ3v) is 6.56. The number of carbonyl (C=O) groups excluding carboxylic acids is 2. The molecule has 2 amide bonds. The number of rotatable bonds is 8. The maximum absolute atomic E-state index is 14.0. The van der Waals surface area contributed by atoms with Crippen LogP contribution in [-0.4, -0.2) is 35.3 Å². The lowest BCUT2D eigenvalue weighted by Crippen LogP contribution is -2.46. The molecule has 1 atom stereocenters. The molecule has 2 fully saturated rings. The summed E-state index contributed by atoms with van der Waals surface area (Å²) in [5.74, 6) is -0.0730. The SMILES string of the molecule is C=C(C)/C=C(\C=C/C)N(C(=O)CNC1CC1)C1C(=O)N(C2CCCCC2)c2ccccc21. The number of fused-ring (bicyclic) bond motifs is 1. The predicted molar refractivity (Wildman–Crippen MR) is 129 cm³/mol. The van der Waals surface area contributed by atoms with E-state index in [1.54, 1.807) is 4.90 Å². The molecule has 0 saturated heterocycles. The van der Waals surface area contributed by atoms with Crippen LogP contribution >= 0.6 is 0 Å². The van der Waals surface area contributed by atoms with E-state index in [1.807, 2.05) is 61.2 Å². The van der Waals surface area contributed by atoms with Gasteiger partial charge >= 0.3 is 0 Å². The molecule has 0 radical (unpaired) electrons. The lowest BCUT2D eigenvalue weighted by Gasteiger charge is -2.34. The third-order valence-electron chi connectivity index (χ3n) is 6.56. The van der Waals surface area contributed by atoms with E-state index < -0.39 is 6.04 Å². The molecule has 5 heteroatoms. The fraction of sp³-hybridized carbons (Fsp3) is 0.481. The first kappa shape index (κ1) is 22.5. The summed E-state index contributed by atoms with van der Waals surface area (Å²) in [4.78, 5) is 31.3. The molecule has 0 aromatic heterocycles. The molecule has 170 valence electrons. The number of hydrogen-bond donors (Lipinski definition) is 1. The van der Waals surface area contributed by atoms with Crippen molar-refractivity contribution in [3.63, 3.8) is 0 Å². The first-order chi connectivity index (χ1) is 15.5. The van der Waals surface area contributed by atoms with E-state index in [0.717, 1.165) is 55.3 Å². The van der Waals surface area contributed by atoms with Crippen molar-refractivity contribution >= 4 is 17.5 Å². The van der Waals surface area contributed by atoms with Crippen molar-refractivity contribution < 1.29 is 9.59 Å². The summed E-state index contributed by atoms with van der Waals surface area (Å²) < 4.78 is 0. The summed E-state index contributed by atoms with van der Waals surface area (Å²) in [6.45, 7) is 8.09. The number of para-hydroxylation sites is 1. The summed E-state index contributed by atoms with van der Waals surface area (Å²) in [6, 6.07) is 7.96. The van der Waals surface area contributed by atoms with Gasteiger partial charge in [0.25, 0.3) is 5.91 Å². The number of amides is 2. The zero-order chi connectivity index (χ0) is 22.7. The van der Waals surface area contributed by atoms with Crippen LogP contribution in [0.1, 0.15) is 70.4 Å². The molecule has 0 spiro atoms. The van der Waals surface area contributed by atoms with Crippen LogP contribution in [0.4, 0.5) is 5.69 Å². The van der Waals surface area contributed by atoms with Gasteiger partial charge in [0.15, 0.2) is 0 Å². The molecule has 32 heavy (non-hydrogen) atoms. The van der Waals surface area contributed by atoms with Gasteiger partial charge in [-0.3, -0.25) is 14.5 Å². The van der Waals surface area contributed by atoms with Gasteiger partial charge in [0.2, 0.25) is 5.91 Å². The average molecular weight is 434 g/mol. The van der Waals surface area contributed by atoms with Gasteiger partial charge in [0.1, 0.15) is 6.04 Å². The van der Waals surface area contributed by atoms with Crippen molar-refractivity contribution in [1.82, 2.24) is 10.2 Å². The number of hydrogen-bond acceptors (Lipinski definition) is 3. The summed E-state index contributed by atoms with van der Waals surface area (Å²) in [6.07, 6.45) is 13.5. The molecular formula is C27H35N3O2. The minimum atomic E-state index is -0.650. The maximum Gasteiger partial charge on any atom is 0.255 e. The van der Waals surface area contributed by atoms with Crippen molar-refractivity contribution in [2.45, 2.75) is 76.9 Å². The highest BCUT2D eigenvalue weighted by atomic mass is 16.2. The number of allylic oxidation sites excluding steroid dienone is 4. The molecule has 1 N–H and O–H groups in total. The number of anilines is 1. The van der Waals surface area contributed by atoms with Crippen molar-refractivity contribution in [3.05, 3.63) is 65.9 Å². The number of nitrogens with one attached hydrogen (secondary N) is 1. The van der Waals surface area contributed by atoms with E-state index in [-0.39, 0.29) is 24.4 Å². The van der Waals surface area contributed by atoms with Crippen LogP contribution in [0.5, 0.6) is 0 Å². The highest BCUT2D eigenvalue weighted by Crippen LogP contribution is 2.44. The summed E-state index contributed by atoms with van der Waals surface area (Å²) in [5.41, 5.74) is 3.42. The van der Waals surface area contributed by atoms with Gasteiger partial charge in [-0.2, -0.15) is 0 Å². The summed E-state index contributed by atoms with van der Waals surface area (Å²) in [7, 11) is 0. The lowest BCUT2D eigenvalue weighted by atomic mass is 9.94. The molecule has 2 saturated carbocycles. The molecule has 1 unspecified atom stereocenters. The Balaban J connectivity index is 1.75. The van der Waals surface area contributed by atoms with Crippen molar-refractivity contribution in [3.8, 4) is 0 Å².